The van der Waals surface area contributed by atoms with Crippen molar-refractivity contribution >= 4 is 0 Å². The normalized spacial score (nSPS) is 19.5. The Balaban J connectivity index is 2.30. The van der Waals surface area contributed by atoms with Crippen molar-refractivity contribution in [1.82, 2.24) is 0 Å². The molecular formula is C12H17NO2. The molecule has 0 bridgehead atoms. The number of hydrogen-bond donors (Lipinski definition) is 2. The van der Waals surface area contributed by atoms with E-state index in [0.717, 1.165) is 17.7 Å². The molecule has 0 saturated carbocycles. The Morgan fingerprint density at radius 3 is 2.93 bits per heavy atom. The van der Waals surface area contributed by atoms with Gasteiger partial charge in [-0.2, -0.15) is 0 Å². The highest BCUT2D eigenvalue weighted by molar-refractivity contribution is 5.42. The minimum atomic E-state index is -0.293. The SMILES string of the molecule is CC1(C)Cc2cc(C(N)CO)ccc2O1. The van der Waals surface area contributed by atoms with E-state index < -0.39 is 0 Å². The molecule has 1 atom stereocenters. The van der Waals surface area contributed by atoms with Crippen LogP contribution in [0.4, 0.5) is 0 Å². The third-order valence-electron chi connectivity index (χ3n) is 2.71. The van der Waals surface area contributed by atoms with Crippen molar-refractivity contribution < 1.29 is 9.84 Å². The van der Waals surface area contributed by atoms with E-state index >= 15 is 0 Å². The molecule has 15 heavy (non-hydrogen) atoms. The average molecular weight is 207 g/mol. The molecule has 3 N–H and O–H groups in total. The Kier molecular flexibility index (Phi) is 2.44. The quantitative estimate of drug-likeness (QED) is 0.770. The van der Waals surface area contributed by atoms with Gasteiger partial charge in [-0.15, -0.1) is 0 Å². The summed E-state index contributed by atoms with van der Waals surface area (Å²) in [5.41, 5.74) is 7.80. The van der Waals surface area contributed by atoms with Gasteiger partial charge in [-0.25, -0.2) is 0 Å². The Hall–Kier alpha value is -1.06. The fourth-order valence-corrected chi connectivity index (χ4v) is 1.97. The molecule has 0 radical (unpaired) electrons. The highest BCUT2D eigenvalue weighted by atomic mass is 16.5. The first-order chi connectivity index (χ1) is 7.02. The number of nitrogens with two attached hydrogens (primary N) is 1. The number of hydrogen-bond acceptors (Lipinski definition) is 3. The predicted octanol–water partition coefficient (Wildman–Crippen LogP) is 1.39. The van der Waals surface area contributed by atoms with Gasteiger partial charge in [0.15, 0.2) is 0 Å². The second-order valence-corrected chi connectivity index (χ2v) is 4.69. The van der Waals surface area contributed by atoms with Crippen LogP contribution in [0.5, 0.6) is 5.75 Å². The van der Waals surface area contributed by atoms with Crippen molar-refractivity contribution in [3.8, 4) is 5.75 Å². The fraction of sp³-hybridized carbons (Fsp3) is 0.500. The van der Waals surface area contributed by atoms with E-state index in [1.807, 2.05) is 18.2 Å². The minimum absolute atomic E-state index is 0.0248. The molecule has 3 heteroatoms. The summed E-state index contributed by atoms with van der Waals surface area (Å²) in [7, 11) is 0. The molecule has 0 aliphatic carbocycles. The zero-order chi connectivity index (χ0) is 11.1. The van der Waals surface area contributed by atoms with E-state index in [9.17, 15) is 0 Å². The smallest absolute Gasteiger partial charge is 0.123 e. The summed E-state index contributed by atoms with van der Waals surface area (Å²) in [5, 5.41) is 8.98. The van der Waals surface area contributed by atoms with Crippen LogP contribution in [0.25, 0.3) is 0 Å². The number of benzene rings is 1. The van der Waals surface area contributed by atoms with Crippen LogP contribution in [0.3, 0.4) is 0 Å². The van der Waals surface area contributed by atoms with Crippen LogP contribution in [-0.4, -0.2) is 17.3 Å². The first-order valence-electron chi connectivity index (χ1n) is 5.20. The standard InChI is InChI=1S/C12H17NO2/c1-12(2)6-9-5-8(10(13)7-14)3-4-11(9)15-12/h3-5,10,14H,6-7,13H2,1-2H3. The maximum atomic E-state index is 8.98. The van der Waals surface area contributed by atoms with Crippen molar-refractivity contribution in [2.45, 2.75) is 31.9 Å². The van der Waals surface area contributed by atoms with Crippen LogP contribution in [0.1, 0.15) is 31.0 Å². The summed E-state index contributed by atoms with van der Waals surface area (Å²) in [4.78, 5) is 0. The van der Waals surface area contributed by atoms with E-state index in [2.05, 4.69) is 13.8 Å². The summed E-state index contributed by atoms with van der Waals surface area (Å²) in [6, 6.07) is 5.60. The van der Waals surface area contributed by atoms with Gasteiger partial charge in [-0.3, -0.25) is 0 Å². The molecule has 1 aliphatic rings. The van der Waals surface area contributed by atoms with Gasteiger partial charge in [0.2, 0.25) is 0 Å². The second kappa shape index (κ2) is 3.51. The number of fused-ring (bicyclic) bond motifs is 1. The van der Waals surface area contributed by atoms with Gasteiger partial charge in [0.05, 0.1) is 12.6 Å². The third-order valence-corrected chi connectivity index (χ3v) is 2.71. The molecule has 0 aromatic heterocycles. The predicted molar refractivity (Wildman–Crippen MR) is 58.9 cm³/mol. The van der Waals surface area contributed by atoms with Gasteiger partial charge in [-0.1, -0.05) is 12.1 Å². The van der Waals surface area contributed by atoms with Crippen LogP contribution in [-0.2, 0) is 6.42 Å². The molecule has 1 heterocycles. The fourth-order valence-electron chi connectivity index (χ4n) is 1.97. The first kappa shape index (κ1) is 10.5. The average Bonchev–Trinajstić information content (AvgIpc) is 2.49. The molecule has 2 rings (SSSR count). The van der Waals surface area contributed by atoms with Gasteiger partial charge in [0, 0.05) is 6.42 Å². The van der Waals surface area contributed by atoms with Gasteiger partial charge in [0.25, 0.3) is 0 Å². The van der Waals surface area contributed by atoms with Crippen molar-refractivity contribution in [3.63, 3.8) is 0 Å². The lowest BCUT2D eigenvalue weighted by Gasteiger charge is -2.16. The van der Waals surface area contributed by atoms with Crippen molar-refractivity contribution in [2.75, 3.05) is 6.61 Å². The Labute approximate surface area is 89.9 Å². The summed E-state index contributed by atoms with van der Waals surface area (Å²) in [6.45, 7) is 4.11. The van der Waals surface area contributed by atoms with E-state index in [0.29, 0.717) is 0 Å². The first-order valence-corrected chi connectivity index (χ1v) is 5.20. The molecule has 1 aromatic carbocycles. The zero-order valence-electron chi connectivity index (χ0n) is 9.16. The van der Waals surface area contributed by atoms with Gasteiger partial charge in [-0.05, 0) is 31.0 Å². The van der Waals surface area contributed by atoms with E-state index in [-0.39, 0.29) is 18.2 Å². The highest BCUT2D eigenvalue weighted by Gasteiger charge is 2.30. The Morgan fingerprint density at radius 1 is 1.53 bits per heavy atom. The summed E-state index contributed by atoms with van der Waals surface area (Å²) < 4.78 is 5.76. The van der Waals surface area contributed by atoms with Crippen LogP contribution in [0.2, 0.25) is 0 Å². The maximum Gasteiger partial charge on any atom is 0.123 e. The van der Waals surface area contributed by atoms with E-state index in [1.54, 1.807) is 0 Å². The lowest BCUT2D eigenvalue weighted by molar-refractivity contribution is 0.138. The highest BCUT2D eigenvalue weighted by Crippen LogP contribution is 2.35. The Morgan fingerprint density at radius 2 is 2.27 bits per heavy atom. The monoisotopic (exact) mass is 207 g/mol. The van der Waals surface area contributed by atoms with E-state index in [1.165, 1.54) is 5.56 Å². The van der Waals surface area contributed by atoms with Crippen LogP contribution < -0.4 is 10.5 Å². The van der Waals surface area contributed by atoms with Crippen molar-refractivity contribution in [2.24, 2.45) is 5.73 Å². The third kappa shape index (κ3) is 1.98. The lowest BCUT2D eigenvalue weighted by Crippen LogP contribution is -2.24. The molecule has 0 fully saturated rings. The molecule has 0 spiro atoms. The summed E-state index contributed by atoms with van der Waals surface area (Å²) in [5.74, 6) is 0.939. The Bertz CT molecular complexity index is 374. The number of aliphatic hydroxyl groups is 1. The largest absolute Gasteiger partial charge is 0.487 e. The topological polar surface area (TPSA) is 55.5 Å². The molecule has 1 aromatic rings. The van der Waals surface area contributed by atoms with Gasteiger partial charge in [0.1, 0.15) is 11.4 Å². The van der Waals surface area contributed by atoms with Crippen molar-refractivity contribution in [3.05, 3.63) is 29.3 Å². The van der Waals surface area contributed by atoms with Gasteiger partial charge < -0.3 is 15.6 Å². The van der Waals surface area contributed by atoms with Gasteiger partial charge >= 0.3 is 0 Å². The molecule has 1 aliphatic heterocycles. The summed E-state index contributed by atoms with van der Waals surface area (Å²) in [6.07, 6.45) is 0.897. The lowest BCUT2D eigenvalue weighted by atomic mass is 9.98. The van der Waals surface area contributed by atoms with Crippen LogP contribution in [0.15, 0.2) is 18.2 Å². The molecule has 0 saturated heterocycles. The molecule has 1 unspecified atom stereocenters. The number of ether oxygens (including phenoxy) is 1. The maximum absolute atomic E-state index is 8.98. The van der Waals surface area contributed by atoms with E-state index in [4.69, 9.17) is 15.6 Å². The molecule has 3 nitrogen and oxygen atoms in total. The molecular weight excluding hydrogens is 190 g/mol. The molecule has 0 amide bonds. The van der Waals surface area contributed by atoms with Crippen LogP contribution >= 0.6 is 0 Å². The second-order valence-electron chi connectivity index (χ2n) is 4.69. The minimum Gasteiger partial charge on any atom is -0.487 e. The number of aliphatic hydroxyl groups excluding tert-OH is 1. The number of rotatable bonds is 2. The molecule has 82 valence electrons. The van der Waals surface area contributed by atoms with Crippen molar-refractivity contribution in [1.29, 1.82) is 0 Å². The zero-order valence-corrected chi connectivity index (χ0v) is 9.16. The van der Waals surface area contributed by atoms with Crippen LogP contribution in [0, 0.1) is 0 Å². The summed E-state index contributed by atoms with van der Waals surface area (Å²) >= 11 is 0.